The van der Waals surface area contributed by atoms with E-state index in [9.17, 15) is 0 Å². The van der Waals surface area contributed by atoms with Gasteiger partial charge in [-0.15, -0.1) is 13.2 Å². The third-order valence-corrected chi connectivity index (χ3v) is 8.35. The van der Waals surface area contributed by atoms with E-state index in [2.05, 4.69) is 110 Å². The van der Waals surface area contributed by atoms with E-state index >= 15 is 0 Å². The Hall–Kier alpha value is -4.44. The highest BCUT2D eigenvalue weighted by atomic mass is 16.5. The van der Waals surface area contributed by atoms with Crippen LogP contribution in [0.2, 0.25) is 0 Å². The van der Waals surface area contributed by atoms with Crippen molar-refractivity contribution in [3.63, 3.8) is 0 Å². The molecule has 208 valence electrons. The molecular formula is C37H38N2O2. The van der Waals surface area contributed by atoms with E-state index in [1.54, 1.807) is 0 Å². The Morgan fingerprint density at radius 2 is 1.07 bits per heavy atom. The predicted molar refractivity (Wildman–Crippen MR) is 169 cm³/mol. The van der Waals surface area contributed by atoms with Crippen molar-refractivity contribution >= 4 is 11.4 Å². The first-order valence-corrected chi connectivity index (χ1v) is 14.4. The van der Waals surface area contributed by atoms with E-state index in [-0.39, 0.29) is 5.41 Å². The maximum atomic E-state index is 6.37. The molecule has 0 spiro atoms. The zero-order valence-corrected chi connectivity index (χ0v) is 24.1. The molecule has 2 heterocycles. The Morgan fingerprint density at radius 1 is 0.659 bits per heavy atom. The minimum absolute atomic E-state index is 0.250. The van der Waals surface area contributed by atoms with E-state index in [0.717, 1.165) is 37.4 Å². The smallest absolute Gasteiger partial charge is 0.161 e. The highest BCUT2D eigenvalue weighted by Gasteiger charge is 2.31. The van der Waals surface area contributed by atoms with E-state index in [1.165, 1.54) is 44.8 Å². The minimum Gasteiger partial charge on any atom is -0.472 e. The lowest BCUT2D eigenvalue weighted by Crippen LogP contribution is -2.33. The van der Waals surface area contributed by atoms with E-state index in [1.807, 2.05) is 24.3 Å². The van der Waals surface area contributed by atoms with Crippen LogP contribution in [0.3, 0.4) is 0 Å². The van der Waals surface area contributed by atoms with Crippen LogP contribution in [0, 0.1) is 0 Å². The second-order valence-corrected chi connectivity index (χ2v) is 11.5. The van der Waals surface area contributed by atoms with Gasteiger partial charge in [-0.2, -0.15) is 0 Å². The largest absolute Gasteiger partial charge is 0.472 e. The predicted octanol–water partition coefficient (Wildman–Crippen LogP) is 8.18. The number of nitrogens with zero attached hydrogens (tertiary/aromatic N) is 2. The first-order valence-electron chi connectivity index (χ1n) is 14.4. The molecule has 0 amide bonds. The number of ether oxygens (including phenoxy) is 2. The molecule has 41 heavy (non-hydrogen) atoms. The zero-order valence-electron chi connectivity index (χ0n) is 24.1. The number of benzene rings is 4. The molecule has 4 aromatic carbocycles. The topological polar surface area (TPSA) is 24.9 Å². The van der Waals surface area contributed by atoms with Gasteiger partial charge in [0.2, 0.25) is 0 Å². The number of hydrogen-bond acceptors (Lipinski definition) is 4. The molecule has 0 saturated heterocycles. The Balaban J connectivity index is 1.40. The quantitative estimate of drug-likeness (QED) is 0.210. The van der Waals surface area contributed by atoms with Crippen molar-refractivity contribution in [1.29, 1.82) is 0 Å². The summed E-state index contributed by atoms with van der Waals surface area (Å²) in [5.74, 6) is 2.00. The van der Waals surface area contributed by atoms with Crippen molar-refractivity contribution < 1.29 is 9.47 Å². The van der Waals surface area contributed by atoms with Crippen LogP contribution in [0.25, 0.3) is 0 Å². The second-order valence-electron chi connectivity index (χ2n) is 11.5. The molecule has 0 aromatic heterocycles. The second kappa shape index (κ2) is 11.2. The maximum Gasteiger partial charge on any atom is 0.161 e. The van der Waals surface area contributed by atoms with Crippen molar-refractivity contribution in [3.8, 4) is 11.5 Å². The van der Waals surface area contributed by atoms with Gasteiger partial charge in [0.15, 0.2) is 13.5 Å². The molecule has 0 atom stereocenters. The average molecular weight is 543 g/mol. The van der Waals surface area contributed by atoms with Crippen LogP contribution in [-0.4, -0.2) is 13.5 Å². The molecule has 6 rings (SSSR count). The van der Waals surface area contributed by atoms with Crippen molar-refractivity contribution in [2.24, 2.45) is 0 Å². The van der Waals surface area contributed by atoms with Crippen LogP contribution in [0.4, 0.5) is 11.4 Å². The standard InChI is InChI=1S/C37H38N2O2/c1-5-13-27-19-31(21-29-23-38(25-40-35(27)29)33-15-9-7-10-16-33)37(3,4)32-20-28(14-6-2)36-30(22-32)24-39(26-41-36)34-17-11-8-12-18-34/h5-12,15-22H,1-2,13-14,23-26H2,3-4H3. The fourth-order valence-electron chi connectivity index (χ4n) is 6.01. The van der Waals surface area contributed by atoms with Gasteiger partial charge in [0.05, 0.1) is 0 Å². The fraction of sp³-hybridized carbons (Fsp3) is 0.243. The summed E-state index contributed by atoms with van der Waals surface area (Å²) >= 11 is 0. The van der Waals surface area contributed by atoms with Gasteiger partial charge in [-0.1, -0.05) is 74.5 Å². The fourth-order valence-corrected chi connectivity index (χ4v) is 6.01. The molecule has 2 aliphatic rings. The number of rotatable bonds is 8. The third kappa shape index (κ3) is 5.22. The molecule has 0 fully saturated rings. The molecule has 0 bridgehead atoms. The molecule has 4 heteroatoms. The molecule has 0 radical (unpaired) electrons. The molecule has 4 aromatic rings. The van der Waals surface area contributed by atoms with Gasteiger partial charge >= 0.3 is 0 Å². The SMILES string of the molecule is C=CCc1cc(C(C)(C)c2cc(CC=C)c3c(c2)CN(c2ccccc2)CO3)cc2c1OCN(c1ccccc1)C2. The molecular weight excluding hydrogens is 504 g/mol. The highest BCUT2D eigenvalue weighted by Crippen LogP contribution is 2.42. The van der Waals surface area contributed by atoms with E-state index in [0.29, 0.717) is 13.5 Å². The summed E-state index contributed by atoms with van der Waals surface area (Å²) in [6.07, 6.45) is 5.47. The number of anilines is 2. The van der Waals surface area contributed by atoms with Crippen LogP contribution in [0.1, 0.15) is 47.2 Å². The summed E-state index contributed by atoms with van der Waals surface area (Å²) in [5, 5.41) is 0. The van der Waals surface area contributed by atoms with E-state index in [4.69, 9.17) is 9.47 Å². The summed E-state index contributed by atoms with van der Waals surface area (Å²) in [5.41, 5.74) is 9.43. The van der Waals surface area contributed by atoms with Crippen LogP contribution in [-0.2, 0) is 31.3 Å². The first kappa shape index (κ1) is 26.8. The van der Waals surface area contributed by atoms with Crippen molar-refractivity contribution in [2.75, 3.05) is 23.3 Å². The number of allylic oxidation sites excluding steroid dienone is 2. The Bertz CT molecular complexity index is 1440. The first-order chi connectivity index (χ1) is 20.0. The van der Waals surface area contributed by atoms with Gasteiger partial charge in [0.25, 0.3) is 0 Å². The van der Waals surface area contributed by atoms with E-state index < -0.39 is 0 Å². The van der Waals surface area contributed by atoms with Crippen LogP contribution in [0.15, 0.2) is 110 Å². The third-order valence-electron chi connectivity index (χ3n) is 8.35. The molecule has 0 N–H and O–H groups in total. The van der Waals surface area contributed by atoms with Gasteiger partial charge in [-0.3, -0.25) is 0 Å². The molecule has 0 unspecified atom stereocenters. The Kier molecular flexibility index (Phi) is 7.32. The molecule has 0 aliphatic carbocycles. The average Bonchev–Trinajstić information content (AvgIpc) is 3.01. The van der Waals surface area contributed by atoms with Gasteiger partial charge in [0.1, 0.15) is 11.5 Å². The molecule has 0 saturated carbocycles. The number of hydrogen-bond donors (Lipinski definition) is 0. The highest BCUT2D eigenvalue weighted by molar-refractivity contribution is 5.58. The molecule has 4 nitrogen and oxygen atoms in total. The Labute approximate surface area is 244 Å². The zero-order chi connectivity index (χ0) is 28.4. The summed E-state index contributed by atoms with van der Waals surface area (Å²) in [7, 11) is 0. The van der Waals surface area contributed by atoms with Crippen molar-refractivity contribution in [1.82, 2.24) is 0 Å². The van der Waals surface area contributed by atoms with Crippen LogP contribution in [0.5, 0.6) is 11.5 Å². The van der Waals surface area contributed by atoms with Gasteiger partial charge in [-0.25, -0.2) is 0 Å². The number of fused-ring (bicyclic) bond motifs is 2. The lowest BCUT2D eigenvalue weighted by atomic mass is 9.75. The molecule has 2 aliphatic heterocycles. The number of para-hydroxylation sites is 2. The van der Waals surface area contributed by atoms with Gasteiger partial charge < -0.3 is 19.3 Å². The summed E-state index contributed by atoms with van der Waals surface area (Å²) in [4.78, 5) is 4.57. The monoisotopic (exact) mass is 542 g/mol. The normalized spacial score (nSPS) is 14.4. The van der Waals surface area contributed by atoms with Gasteiger partial charge in [-0.05, 0) is 71.5 Å². The summed E-state index contributed by atoms with van der Waals surface area (Å²) < 4.78 is 12.7. The van der Waals surface area contributed by atoms with Crippen molar-refractivity contribution in [2.45, 2.75) is 45.2 Å². The Morgan fingerprint density at radius 3 is 1.46 bits per heavy atom. The lowest BCUT2D eigenvalue weighted by molar-refractivity contribution is 0.286. The van der Waals surface area contributed by atoms with Crippen LogP contribution < -0.4 is 19.3 Å². The van der Waals surface area contributed by atoms with Crippen LogP contribution >= 0.6 is 0 Å². The summed E-state index contributed by atoms with van der Waals surface area (Å²) in [6.45, 7) is 15.4. The maximum absolute atomic E-state index is 6.37. The summed E-state index contributed by atoms with van der Waals surface area (Å²) in [6, 6.07) is 30.3. The minimum atomic E-state index is -0.250. The van der Waals surface area contributed by atoms with Crippen molar-refractivity contribution in [3.05, 3.63) is 144 Å². The lowest BCUT2D eigenvalue weighted by Gasteiger charge is -2.36. The van der Waals surface area contributed by atoms with Gasteiger partial charge in [0, 0.05) is 41.0 Å².